The molecular formula is C19H26N2O3. The average Bonchev–Trinajstić information content (AvgIpc) is 3.10. The molecule has 2 aliphatic rings. The summed E-state index contributed by atoms with van der Waals surface area (Å²) in [6.45, 7) is 7.05. The molecule has 5 nitrogen and oxygen atoms in total. The molecule has 0 aromatic heterocycles. The first-order valence-electron chi connectivity index (χ1n) is 8.86. The molecule has 0 radical (unpaired) electrons. The molecular weight excluding hydrogens is 304 g/mol. The number of benzene rings is 1. The number of hydrogen-bond acceptors (Lipinski definition) is 3. The van der Waals surface area contributed by atoms with Gasteiger partial charge in [-0.25, -0.2) is 0 Å². The Morgan fingerprint density at radius 2 is 2.00 bits per heavy atom. The van der Waals surface area contributed by atoms with Crippen LogP contribution in [0.3, 0.4) is 0 Å². The van der Waals surface area contributed by atoms with E-state index < -0.39 is 0 Å². The van der Waals surface area contributed by atoms with E-state index in [2.05, 4.69) is 12.2 Å². The quantitative estimate of drug-likeness (QED) is 0.872. The fraction of sp³-hybridized carbons (Fsp3) is 0.579. The van der Waals surface area contributed by atoms with Gasteiger partial charge in [0.25, 0.3) is 5.91 Å². The maximum atomic E-state index is 12.7. The van der Waals surface area contributed by atoms with Crippen LogP contribution in [0.2, 0.25) is 0 Å². The molecule has 0 unspecified atom stereocenters. The third-order valence-electron chi connectivity index (χ3n) is 5.02. The standard InChI is InChI=1S/C19H26N2O3/c1-3-21(11-14-8-9-24-12-14)19(23)15-4-6-16(7-5-15)20-18(22)17-10-13(17)2/h4-7,13-14,17H,3,8-12H2,1-2H3,(H,20,22)/t13-,14+,17+/m1/s1. The van der Waals surface area contributed by atoms with Crippen LogP contribution in [-0.2, 0) is 9.53 Å². The highest BCUT2D eigenvalue weighted by Crippen LogP contribution is 2.38. The minimum absolute atomic E-state index is 0.0399. The minimum atomic E-state index is 0.0399. The Morgan fingerprint density at radius 1 is 1.29 bits per heavy atom. The van der Waals surface area contributed by atoms with Crippen molar-refractivity contribution in [1.29, 1.82) is 0 Å². The lowest BCUT2D eigenvalue weighted by molar-refractivity contribution is -0.117. The molecule has 5 heteroatoms. The van der Waals surface area contributed by atoms with Crippen molar-refractivity contribution in [1.82, 2.24) is 4.90 Å². The van der Waals surface area contributed by atoms with E-state index in [0.717, 1.165) is 38.3 Å². The van der Waals surface area contributed by atoms with E-state index in [9.17, 15) is 9.59 Å². The van der Waals surface area contributed by atoms with E-state index in [1.807, 2.05) is 24.0 Å². The van der Waals surface area contributed by atoms with Crippen LogP contribution in [-0.4, -0.2) is 43.0 Å². The second-order valence-electron chi connectivity index (χ2n) is 6.96. The van der Waals surface area contributed by atoms with Crippen molar-refractivity contribution in [3.05, 3.63) is 29.8 Å². The molecule has 2 amide bonds. The zero-order valence-electron chi connectivity index (χ0n) is 14.5. The van der Waals surface area contributed by atoms with Crippen molar-refractivity contribution < 1.29 is 14.3 Å². The summed E-state index contributed by atoms with van der Waals surface area (Å²) in [6, 6.07) is 7.21. The van der Waals surface area contributed by atoms with Gasteiger partial charge in [0.2, 0.25) is 5.91 Å². The number of anilines is 1. The fourth-order valence-electron chi connectivity index (χ4n) is 3.20. The minimum Gasteiger partial charge on any atom is -0.381 e. The molecule has 24 heavy (non-hydrogen) atoms. The highest BCUT2D eigenvalue weighted by molar-refractivity contribution is 5.97. The zero-order valence-corrected chi connectivity index (χ0v) is 14.5. The molecule has 1 heterocycles. The first kappa shape index (κ1) is 17.0. The van der Waals surface area contributed by atoms with Gasteiger partial charge < -0.3 is 15.0 Å². The van der Waals surface area contributed by atoms with Crippen LogP contribution in [0.25, 0.3) is 0 Å². The molecule has 1 N–H and O–H groups in total. The number of amides is 2. The Morgan fingerprint density at radius 3 is 2.54 bits per heavy atom. The van der Waals surface area contributed by atoms with E-state index in [0.29, 0.717) is 23.9 Å². The molecule has 3 atom stereocenters. The van der Waals surface area contributed by atoms with Crippen molar-refractivity contribution in [3.8, 4) is 0 Å². The Hall–Kier alpha value is -1.88. The summed E-state index contributed by atoms with van der Waals surface area (Å²) < 4.78 is 5.39. The number of carbonyl (C=O) groups is 2. The maximum Gasteiger partial charge on any atom is 0.253 e. The number of nitrogens with one attached hydrogen (secondary N) is 1. The normalized spacial score (nSPS) is 25.3. The summed E-state index contributed by atoms with van der Waals surface area (Å²) in [5.74, 6) is 1.20. The van der Waals surface area contributed by atoms with Gasteiger partial charge in [-0.3, -0.25) is 9.59 Å². The number of ether oxygens (including phenoxy) is 1. The molecule has 0 spiro atoms. The molecule has 0 bridgehead atoms. The summed E-state index contributed by atoms with van der Waals surface area (Å²) in [6.07, 6.45) is 1.99. The van der Waals surface area contributed by atoms with Crippen LogP contribution >= 0.6 is 0 Å². The Balaban J connectivity index is 1.58. The van der Waals surface area contributed by atoms with E-state index >= 15 is 0 Å². The molecule has 1 aromatic rings. The van der Waals surface area contributed by atoms with Crippen molar-refractivity contribution >= 4 is 17.5 Å². The third kappa shape index (κ3) is 3.96. The summed E-state index contributed by atoms with van der Waals surface area (Å²) in [7, 11) is 0. The first-order valence-corrected chi connectivity index (χ1v) is 8.86. The lowest BCUT2D eigenvalue weighted by Crippen LogP contribution is -2.35. The Labute approximate surface area is 143 Å². The topological polar surface area (TPSA) is 58.6 Å². The monoisotopic (exact) mass is 330 g/mol. The zero-order chi connectivity index (χ0) is 17.1. The summed E-state index contributed by atoms with van der Waals surface area (Å²) in [5.41, 5.74) is 1.41. The van der Waals surface area contributed by atoms with Gasteiger partial charge in [0.05, 0.1) is 6.61 Å². The SMILES string of the molecule is CCN(C[C@@H]1CCOC1)C(=O)c1ccc(NC(=O)[C@H]2C[C@H]2C)cc1. The van der Waals surface area contributed by atoms with Gasteiger partial charge in [-0.2, -0.15) is 0 Å². The van der Waals surface area contributed by atoms with Crippen LogP contribution in [0, 0.1) is 17.8 Å². The molecule has 2 fully saturated rings. The van der Waals surface area contributed by atoms with Crippen LogP contribution in [0.1, 0.15) is 37.0 Å². The van der Waals surface area contributed by atoms with Crippen molar-refractivity contribution in [2.75, 3.05) is 31.6 Å². The number of rotatable bonds is 6. The summed E-state index contributed by atoms with van der Waals surface area (Å²) in [4.78, 5) is 26.5. The largest absolute Gasteiger partial charge is 0.381 e. The summed E-state index contributed by atoms with van der Waals surface area (Å²) >= 11 is 0. The molecule has 1 saturated heterocycles. The molecule has 1 aliphatic carbocycles. The Bertz CT molecular complexity index is 593. The second-order valence-corrected chi connectivity index (χ2v) is 6.96. The van der Waals surface area contributed by atoms with Crippen LogP contribution in [0.15, 0.2) is 24.3 Å². The van der Waals surface area contributed by atoms with Crippen molar-refractivity contribution in [2.45, 2.75) is 26.7 Å². The Kier molecular flexibility index (Phi) is 5.19. The third-order valence-corrected chi connectivity index (χ3v) is 5.02. The predicted molar refractivity (Wildman–Crippen MR) is 92.8 cm³/mol. The van der Waals surface area contributed by atoms with Gasteiger partial charge in [0.1, 0.15) is 0 Å². The predicted octanol–water partition coefficient (Wildman–Crippen LogP) is 2.78. The molecule has 130 valence electrons. The smallest absolute Gasteiger partial charge is 0.253 e. The van der Waals surface area contributed by atoms with Gasteiger partial charge in [-0.05, 0) is 49.9 Å². The molecule has 3 rings (SSSR count). The van der Waals surface area contributed by atoms with E-state index in [4.69, 9.17) is 4.74 Å². The lowest BCUT2D eigenvalue weighted by Gasteiger charge is -2.24. The van der Waals surface area contributed by atoms with E-state index in [1.165, 1.54) is 0 Å². The molecule has 1 aromatic carbocycles. The highest BCUT2D eigenvalue weighted by atomic mass is 16.5. The van der Waals surface area contributed by atoms with Gasteiger partial charge in [-0.1, -0.05) is 6.92 Å². The van der Waals surface area contributed by atoms with E-state index in [-0.39, 0.29) is 17.7 Å². The molecule has 1 aliphatic heterocycles. The van der Waals surface area contributed by atoms with Gasteiger partial charge >= 0.3 is 0 Å². The number of carbonyl (C=O) groups excluding carboxylic acids is 2. The lowest BCUT2D eigenvalue weighted by atomic mass is 10.1. The number of hydrogen-bond donors (Lipinski definition) is 1. The van der Waals surface area contributed by atoms with Gasteiger partial charge in [0, 0.05) is 42.8 Å². The van der Waals surface area contributed by atoms with Gasteiger partial charge in [-0.15, -0.1) is 0 Å². The first-order chi connectivity index (χ1) is 11.6. The summed E-state index contributed by atoms with van der Waals surface area (Å²) in [5, 5.41) is 2.92. The van der Waals surface area contributed by atoms with Crippen LogP contribution < -0.4 is 5.32 Å². The fourth-order valence-corrected chi connectivity index (χ4v) is 3.20. The van der Waals surface area contributed by atoms with Crippen molar-refractivity contribution in [3.63, 3.8) is 0 Å². The van der Waals surface area contributed by atoms with Gasteiger partial charge in [0.15, 0.2) is 0 Å². The highest BCUT2D eigenvalue weighted by Gasteiger charge is 2.39. The van der Waals surface area contributed by atoms with E-state index in [1.54, 1.807) is 12.1 Å². The van der Waals surface area contributed by atoms with Crippen LogP contribution in [0.4, 0.5) is 5.69 Å². The number of nitrogens with zero attached hydrogens (tertiary/aromatic N) is 1. The average molecular weight is 330 g/mol. The van der Waals surface area contributed by atoms with Crippen LogP contribution in [0.5, 0.6) is 0 Å². The molecule has 1 saturated carbocycles. The maximum absolute atomic E-state index is 12.7. The second kappa shape index (κ2) is 7.34. The van der Waals surface area contributed by atoms with Crippen molar-refractivity contribution in [2.24, 2.45) is 17.8 Å².